The lowest BCUT2D eigenvalue weighted by molar-refractivity contribution is -0.233. The monoisotopic (exact) mass is 436 g/mol. The summed E-state index contributed by atoms with van der Waals surface area (Å²) in [5.41, 5.74) is 0.0978. The normalized spacial score (nSPS) is 22.6. The van der Waals surface area contributed by atoms with Gasteiger partial charge in [0.1, 0.15) is 16.6 Å². The summed E-state index contributed by atoms with van der Waals surface area (Å²) in [6.45, 7) is 5.84. The van der Waals surface area contributed by atoms with Gasteiger partial charge in [-0.2, -0.15) is 13.2 Å². The number of nitrogens with zero attached hydrogens (tertiary/aromatic N) is 1. The number of carbonyl (C=O) groups is 1. The van der Waals surface area contributed by atoms with Gasteiger partial charge < -0.3 is 14.7 Å². The highest BCUT2D eigenvalue weighted by Crippen LogP contribution is 2.56. The summed E-state index contributed by atoms with van der Waals surface area (Å²) in [6.07, 6.45) is -3.81. The molecular weight excluding hydrogens is 412 g/mol. The molecule has 0 aromatic heterocycles. The fourth-order valence-electron chi connectivity index (χ4n) is 4.11. The van der Waals surface area contributed by atoms with Crippen LogP contribution in [-0.4, -0.2) is 39.0 Å². The molecule has 1 heterocycles. The Bertz CT molecular complexity index is 776. The summed E-state index contributed by atoms with van der Waals surface area (Å²) in [4.78, 5) is 16.4. The molecule has 0 bridgehead atoms. The van der Waals surface area contributed by atoms with Crippen molar-refractivity contribution in [2.75, 3.05) is 13.1 Å². The number of fused-ring (bicyclic) bond motifs is 1. The predicted octanol–water partition coefficient (Wildman–Crippen LogP) is 3.58. The van der Waals surface area contributed by atoms with E-state index in [0.29, 0.717) is 42.4 Å². The van der Waals surface area contributed by atoms with Crippen LogP contribution in [0.3, 0.4) is 0 Å². The average Bonchev–Trinajstić information content (AvgIpc) is 2.92. The number of benzene rings is 1. The van der Waals surface area contributed by atoms with Gasteiger partial charge in [-0.1, -0.05) is 12.1 Å². The number of rotatable bonds is 3. The molecule has 0 radical (unpaired) electrons. The van der Waals surface area contributed by atoms with E-state index in [9.17, 15) is 26.9 Å². The Labute approximate surface area is 170 Å². The summed E-state index contributed by atoms with van der Waals surface area (Å²) in [5.74, 6) is -3.08. The number of piperidine rings is 1. The molecule has 162 valence electrons. The molecule has 1 aromatic rings. The largest absolute Gasteiger partial charge is 0.595 e. The molecule has 1 aromatic carbocycles. The second-order valence-electron chi connectivity index (χ2n) is 8.53. The highest BCUT2D eigenvalue weighted by Gasteiger charge is 2.58. The van der Waals surface area contributed by atoms with Crippen molar-refractivity contribution in [3.8, 4) is 0 Å². The Morgan fingerprint density at radius 1 is 1.28 bits per heavy atom. The molecule has 2 aliphatic rings. The number of carbonyl (C=O) groups excluding carboxylic acids is 1. The fraction of sp³-hybridized carbons (Fsp3) is 0.632. The molecule has 1 N–H and O–H groups in total. The zero-order valence-corrected chi connectivity index (χ0v) is 17.3. The van der Waals surface area contributed by atoms with Crippen molar-refractivity contribution in [3.63, 3.8) is 0 Å². The second-order valence-corrected chi connectivity index (χ2v) is 10.6. The van der Waals surface area contributed by atoms with Gasteiger partial charge in [0.25, 0.3) is 0 Å². The van der Waals surface area contributed by atoms with Crippen molar-refractivity contribution in [2.24, 2.45) is 5.41 Å². The van der Waals surface area contributed by atoms with Crippen molar-refractivity contribution in [1.82, 2.24) is 9.79 Å². The van der Waals surface area contributed by atoms with E-state index < -0.39 is 45.5 Å². The summed E-state index contributed by atoms with van der Waals surface area (Å²) in [6, 6.07) is 3.40. The molecule has 0 saturated carbocycles. The van der Waals surface area contributed by atoms with Crippen molar-refractivity contribution in [3.05, 3.63) is 35.1 Å². The van der Waals surface area contributed by atoms with Gasteiger partial charge in [0, 0.05) is 11.0 Å². The number of nitrogens with one attached hydrogen (secondary N) is 1. The molecule has 1 aliphatic carbocycles. The van der Waals surface area contributed by atoms with Crippen LogP contribution in [0, 0.1) is 11.2 Å². The lowest BCUT2D eigenvalue weighted by Crippen LogP contribution is -2.52. The van der Waals surface area contributed by atoms with E-state index >= 15 is 0 Å². The third-order valence-electron chi connectivity index (χ3n) is 5.44. The first-order valence-electron chi connectivity index (χ1n) is 9.35. The molecule has 2 atom stereocenters. The first-order chi connectivity index (χ1) is 13.4. The van der Waals surface area contributed by atoms with E-state index in [1.54, 1.807) is 26.8 Å². The first kappa shape index (κ1) is 22.3. The van der Waals surface area contributed by atoms with E-state index in [1.807, 2.05) is 0 Å². The maximum absolute atomic E-state index is 14.9. The van der Waals surface area contributed by atoms with Crippen LogP contribution in [0.15, 0.2) is 18.2 Å². The van der Waals surface area contributed by atoms with E-state index in [0.717, 1.165) is 0 Å². The zero-order chi connectivity index (χ0) is 21.6. The maximum Gasteiger partial charge on any atom is 0.492 e. The molecule has 5 nitrogen and oxygen atoms in total. The Kier molecular flexibility index (Phi) is 5.94. The van der Waals surface area contributed by atoms with Crippen LogP contribution < -0.4 is 5.32 Å². The highest BCUT2D eigenvalue weighted by molar-refractivity contribution is 7.90. The Balaban J connectivity index is 2.13. The molecule has 1 spiro atoms. The van der Waals surface area contributed by atoms with E-state index in [4.69, 9.17) is 4.84 Å². The summed E-state index contributed by atoms with van der Waals surface area (Å²) < 4.78 is 66.6. The SMILES string of the molecule is CC(C)(C)[S+]([O-])N(OC(=O)C(F)(F)F)[C@H]1c2c(F)cccc2CC12CCNCC2. The standard InChI is InChI=1S/C19H24F4N2O3S/c1-17(2,3)29(27)25(28-16(26)19(21,22)23)15-14-12(5-4-6-13(14)20)11-18(15)7-9-24-10-8-18/h4-6,15,24H,7-11H2,1-3H3/t15-,29?/m0/s1. The number of hydrogen-bond donors (Lipinski definition) is 1. The van der Waals surface area contributed by atoms with Gasteiger partial charge in [-0.15, -0.1) is 0 Å². The average molecular weight is 436 g/mol. The van der Waals surface area contributed by atoms with Crippen LogP contribution in [0.4, 0.5) is 17.6 Å². The third-order valence-corrected chi connectivity index (χ3v) is 7.10. The smallest absolute Gasteiger partial charge is 0.492 e. The van der Waals surface area contributed by atoms with Crippen LogP contribution in [-0.2, 0) is 27.4 Å². The summed E-state index contributed by atoms with van der Waals surface area (Å²) in [5, 5.41) is 3.19. The van der Waals surface area contributed by atoms with Crippen LogP contribution in [0.25, 0.3) is 0 Å². The topological polar surface area (TPSA) is 64.6 Å². The molecular formula is C19H24F4N2O3S. The van der Waals surface area contributed by atoms with E-state index in [1.165, 1.54) is 12.1 Å². The molecule has 1 fully saturated rings. The first-order valence-corrected chi connectivity index (χ1v) is 10.5. The van der Waals surface area contributed by atoms with Gasteiger partial charge in [-0.3, -0.25) is 0 Å². The molecule has 29 heavy (non-hydrogen) atoms. The Hall–Kier alpha value is -1.36. The lowest BCUT2D eigenvalue weighted by atomic mass is 9.73. The number of alkyl halides is 3. The predicted molar refractivity (Wildman–Crippen MR) is 99.3 cm³/mol. The highest BCUT2D eigenvalue weighted by atomic mass is 32.2. The van der Waals surface area contributed by atoms with Crippen LogP contribution in [0.1, 0.15) is 50.8 Å². The van der Waals surface area contributed by atoms with Crippen molar-refractivity contribution >= 4 is 17.3 Å². The van der Waals surface area contributed by atoms with Gasteiger partial charge in [0.2, 0.25) is 0 Å². The molecule has 10 heteroatoms. The minimum absolute atomic E-state index is 0.155. The van der Waals surface area contributed by atoms with Crippen LogP contribution in [0.2, 0.25) is 0 Å². The van der Waals surface area contributed by atoms with Crippen LogP contribution >= 0.6 is 0 Å². The van der Waals surface area contributed by atoms with Gasteiger partial charge >= 0.3 is 12.1 Å². The van der Waals surface area contributed by atoms with E-state index in [2.05, 4.69) is 5.32 Å². The number of halogens is 4. The zero-order valence-electron chi connectivity index (χ0n) is 16.4. The summed E-state index contributed by atoms with van der Waals surface area (Å²) >= 11 is -2.16. The Morgan fingerprint density at radius 2 is 1.90 bits per heavy atom. The molecule has 1 aliphatic heterocycles. The molecule has 1 unspecified atom stereocenters. The lowest BCUT2D eigenvalue weighted by Gasteiger charge is -2.44. The van der Waals surface area contributed by atoms with E-state index in [-0.39, 0.29) is 5.56 Å². The third kappa shape index (κ3) is 4.26. The van der Waals surface area contributed by atoms with Crippen molar-refractivity contribution in [2.45, 2.75) is 57.0 Å². The van der Waals surface area contributed by atoms with Crippen LogP contribution in [0.5, 0.6) is 0 Å². The number of hydrogen-bond acceptors (Lipinski definition) is 5. The molecule has 1 saturated heterocycles. The molecule has 3 rings (SSSR count). The molecule has 0 amide bonds. The van der Waals surface area contributed by atoms with Gasteiger partial charge in [0.05, 0.1) is 15.8 Å². The van der Waals surface area contributed by atoms with Crippen molar-refractivity contribution < 1.29 is 31.7 Å². The van der Waals surface area contributed by atoms with Gasteiger partial charge in [0.15, 0.2) is 0 Å². The fourth-order valence-corrected chi connectivity index (χ4v) is 5.31. The summed E-state index contributed by atoms with van der Waals surface area (Å²) in [7, 11) is 0. The van der Waals surface area contributed by atoms with Gasteiger partial charge in [-0.05, 0) is 64.8 Å². The Morgan fingerprint density at radius 3 is 2.45 bits per heavy atom. The quantitative estimate of drug-likeness (QED) is 0.446. The minimum atomic E-state index is -5.27. The minimum Gasteiger partial charge on any atom is -0.595 e. The van der Waals surface area contributed by atoms with Crippen molar-refractivity contribution in [1.29, 1.82) is 0 Å². The van der Waals surface area contributed by atoms with Gasteiger partial charge in [-0.25, -0.2) is 9.18 Å². The maximum atomic E-state index is 14.9. The second kappa shape index (κ2) is 7.72. The number of hydroxylamine groups is 1.